The van der Waals surface area contributed by atoms with Crippen LogP contribution in [0.15, 0.2) is 0 Å². The van der Waals surface area contributed by atoms with E-state index in [0.29, 0.717) is 11.5 Å². The van der Waals surface area contributed by atoms with Gasteiger partial charge in [-0.2, -0.15) is 0 Å². The van der Waals surface area contributed by atoms with Crippen LogP contribution in [0.1, 0.15) is 46.0 Å². The van der Waals surface area contributed by atoms with Gasteiger partial charge in [0.2, 0.25) is 0 Å². The van der Waals surface area contributed by atoms with Crippen LogP contribution in [0, 0.1) is 5.41 Å². The Balaban J connectivity index is 2.18. The highest BCUT2D eigenvalue weighted by Gasteiger charge is 2.24. The van der Waals surface area contributed by atoms with Crippen molar-refractivity contribution in [3.63, 3.8) is 0 Å². The van der Waals surface area contributed by atoms with Crippen molar-refractivity contribution in [3.05, 3.63) is 0 Å². The van der Waals surface area contributed by atoms with Crippen molar-refractivity contribution in [2.75, 3.05) is 33.4 Å². The van der Waals surface area contributed by atoms with Gasteiger partial charge in [0.25, 0.3) is 0 Å². The van der Waals surface area contributed by atoms with E-state index < -0.39 is 0 Å². The van der Waals surface area contributed by atoms with Crippen LogP contribution >= 0.6 is 0 Å². The van der Waals surface area contributed by atoms with Crippen LogP contribution in [-0.4, -0.2) is 39.5 Å². The van der Waals surface area contributed by atoms with Crippen LogP contribution in [0.25, 0.3) is 0 Å². The fraction of sp³-hybridized carbons (Fsp3) is 1.00. The van der Waals surface area contributed by atoms with Gasteiger partial charge >= 0.3 is 0 Å². The molecular formula is C14H29NO2. The van der Waals surface area contributed by atoms with Gasteiger partial charge in [-0.15, -0.1) is 0 Å². The Labute approximate surface area is 106 Å². The molecule has 0 amide bonds. The van der Waals surface area contributed by atoms with Gasteiger partial charge in [-0.05, 0) is 37.5 Å². The van der Waals surface area contributed by atoms with Gasteiger partial charge in [0.05, 0.1) is 12.7 Å². The van der Waals surface area contributed by atoms with Crippen LogP contribution in [-0.2, 0) is 9.47 Å². The molecule has 1 fully saturated rings. The van der Waals surface area contributed by atoms with E-state index in [4.69, 9.17) is 9.47 Å². The molecule has 0 bridgehead atoms. The lowest BCUT2D eigenvalue weighted by atomic mass is 9.81. The highest BCUT2D eigenvalue weighted by atomic mass is 16.5. The second-order valence-corrected chi connectivity index (χ2v) is 5.51. The van der Waals surface area contributed by atoms with E-state index in [1.165, 1.54) is 32.1 Å². The Morgan fingerprint density at radius 2 is 2.29 bits per heavy atom. The molecule has 1 rings (SSSR count). The van der Waals surface area contributed by atoms with Crippen molar-refractivity contribution in [1.82, 2.24) is 5.32 Å². The van der Waals surface area contributed by atoms with Crippen LogP contribution in [0.3, 0.4) is 0 Å². The number of rotatable bonds is 9. The van der Waals surface area contributed by atoms with Gasteiger partial charge in [0.15, 0.2) is 0 Å². The normalized spacial score (nSPS) is 23.8. The first-order valence-corrected chi connectivity index (χ1v) is 7.01. The smallest absolute Gasteiger partial charge is 0.0587 e. The molecule has 0 aromatic heterocycles. The molecule has 0 saturated carbocycles. The molecule has 1 aliphatic heterocycles. The Kier molecular flexibility index (Phi) is 7.09. The molecule has 1 heterocycles. The third kappa shape index (κ3) is 5.84. The van der Waals surface area contributed by atoms with Gasteiger partial charge in [-0.1, -0.05) is 13.8 Å². The van der Waals surface area contributed by atoms with Crippen molar-refractivity contribution in [1.29, 1.82) is 0 Å². The standard InChI is InChI=1S/C14H29NO2/c1-4-14(2,12-15-9-11-16-3)8-7-13-6-5-10-17-13/h13,15H,4-12H2,1-3H3. The summed E-state index contributed by atoms with van der Waals surface area (Å²) in [7, 11) is 1.75. The summed E-state index contributed by atoms with van der Waals surface area (Å²) in [5, 5.41) is 3.49. The van der Waals surface area contributed by atoms with Crippen molar-refractivity contribution in [2.24, 2.45) is 5.41 Å². The maximum absolute atomic E-state index is 5.70. The molecule has 2 atom stereocenters. The average molecular weight is 243 g/mol. The first-order chi connectivity index (χ1) is 8.20. The SMILES string of the molecule is CCC(C)(CCC1CCCO1)CNCCOC. The number of methoxy groups -OCH3 is 1. The fourth-order valence-electron chi connectivity index (χ4n) is 2.34. The van der Waals surface area contributed by atoms with Gasteiger partial charge < -0.3 is 14.8 Å². The zero-order chi connectivity index (χ0) is 12.6. The lowest BCUT2D eigenvalue weighted by Crippen LogP contribution is -2.34. The summed E-state index contributed by atoms with van der Waals surface area (Å²) in [6.07, 6.45) is 6.74. The summed E-state index contributed by atoms with van der Waals surface area (Å²) in [5.74, 6) is 0. The van der Waals surface area contributed by atoms with Crippen molar-refractivity contribution < 1.29 is 9.47 Å². The zero-order valence-corrected chi connectivity index (χ0v) is 11.8. The molecule has 102 valence electrons. The monoisotopic (exact) mass is 243 g/mol. The third-order valence-corrected chi connectivity index (χ3v) is 3.98. The largest absolute Gasteiger partial charge is 0.383 e. The summed E-state index contributed by atoms with van der Waals surface area (Å²) in [6.45, 7) is 8.46. The minimum Gasteiger partial charge on any atom is -0.383 e. The first kappa shape index (κ1) is 14.9. The number of nitrogens with one attached hydrogen (secondary N) is 1. The molecule has 1 aliphatic rings. The van der Waals surface area contributed by atoms with Crippen LogP contribution in [0.5, 0.6) is 0 Å². The van der Waals surface area contributed by atoms with Gasteiger partial charge in [-0.25, -0.2) is 0 Å². The Morgan fingerprint density at radius 1 is 1.47 bits per heavy atom. The number of hydrogen-bond acceptors (Lipinski definition) is 3. The highest BCUT2D eigenvalue weighted by Crippen LogP contribution is 2.29. The Morgan fingerprint density at radius 3 is 2.88 bits per heavy atom. The number of hydrogen-bond donors (Lipinski definition) is 1. The zero-order valence-electron chi connectivity index (χ0n) is 11.8. The van der Waals surface area contributed by atoms with E-state index in [1.54, 1.807) is 7.11 Å². The molecule has 17 heavy (non-hydrogen) atoms. The van der Waals surface area contributed by atoms with Gasteiger partial charge in [0, 0.05) is 26.8 Å². The lowest BCUT2D eigenvalue weighted by molar-refractivity contribution is 0.0881. The molecule has 0 aromatic rings. The summed E-state index contributed by atoms with van der Waals surface area (Å²) >= 11 is 0. The minimum absolute atomic E-state index is 0.402. The van der Waals surface area contributed by atoms with Gasteiger partial charge in [-0.3, -0.25) is 0 Å². The molecule has 0 radical (unpaired) electrons. The quantitative estimate of drug-likeness (QED) is 0.631. The maximum atomic E-state index is 5.70. The van der Waals surface area contributed by atoms with Gasteiger partial charge in [0.1, 0.15) is 0 Å². The second kappa shape index (κ2) is 8.06. The summed E-state index contributed by atoms with van der Waals surface area (Å²) in [6, 6.07) is 0. The molecule has 1 N–H and O–H groups in total. The van der Waals surface area contributed by atoms with E-state index in [2.05, 4.69) is 19.2 Å². The van der Waals surface area contributed by atoms with Crippen LogP contribution < -0.4 is 5.32 Å². The molecular weight excluding hydrogens is 214 g/mol. The minimum atomic E-state index is 0.402. The third-order valence-electron chi connectivity index (χ3n) is 3.98. The molecule has 0 aliphatic carbocycles. The average Bonchev–Trinajstić information content (AvgIpc) is 2.85. The van der Waals surface area contributed by atoms with Crippen LogP contribution in [0.4, 0.5) is 0 Å². The predicted octanol–water partition coefficient (Wildman–Crippen LogP) is 2.60. The molecule has 1 saturated heterocycles. The van der Waals surface area contributed by atoms with E-state index in [0.717, 1.165) is 26.3 Å². The highest BCUT2D eigenvalue weighted by molar-refractivity contribution is 4.78. The Hall–Kier alpha value is -0.120. The maximum Gasteiger partial charge on any atom is 0.0587 e. The molecule has 0 spiro atoms. The topological polar surface area (TPSA) is 30.5 Å². The first-order valence-electron chi connectivity index (χ1n) is 7.01. The molecule has 2 unspecified atom stereocenters. The molecule has 3 nitrogen and oxygen atoms in total. The second-order valence-electron chi connectivity index (χ2n) is 5.51. The van der Waals surface area contributed by atoms with E-state index in [1.807, 2.05) is 0 Å². The molecule has 0 aromatic carbocycles. The lowest BCUT2D eigenvalue weighted by Gasteiger charge is -2.29. The predicted molar refractivity (Wildman–Crippen MR) is 71.4 cm³/mol. The fourth-order valence-corrected chi connectivity index (χ4v) is 2.34. The van der Waals surface area contributed by atoms with E-state index in [9.17, 15) is 0 Å². The van der Waals surface area contributed by atoms with E-state index in [-0.39, 0.29) is 0 Å². The van der Waals surface area contributed by atoms with Crippen LogP contribution in [0.2, 0.25) is 0 Å². The summed E-state index contributed by atoms with van der Waals surface area (Å²) in [4.78, 5) is 0. The molecule has 3 heteroatoms. The van der Waals surface area contributed by atoms with Crippen molar-refractivity contribution >= 4 is 0 Å². The van der Waals surface area contributed by atoms with E-state index >= 15 is 0 Å². The van der Waals surface area contributed by atoms with Crippen molar-refractivity contribution in [3.8, 4) is 0 Å². The Bertz CT molecular complexity index is 193. The number of ether oxygens (including phenoxy) is 2. The summed E-state index contributed by atoms with van der Waals surface area (Å²) in [5.41, 5.74) is 0.402. The summed E-state index contributed by atoms with van der Waals surface area (Å²) < 4.78 is 10.7. The van der Waals surface area contributed by atoms with Crippen molar-refractivity contribution in [2.45, 2.75) is 52.1 Å².